The standard InChI is InChI=1S/C20H21F2IN2O/c21-16-9-14(10-17(22)12-16)11-19(26)25-13-20(5-7-24-8-6-20)15-1-3-18(23)4-2-15/h1-4,9-10,12,24H,5-8,11,13H2,(H,25,26). The van der Waals surface area contributed by atoms with Crippen molar-refractivity contribution in [3.8, 4) is 0 Å². The van der Waals surface area contributed by atoms with Crippen molar-refractivity contribution in [1.29, 1.82) is 0 Å². The summed E-state index contributed by atoms with van der Waals surface area (Å²) < 4.78 is 27.8. The molecule has 0 aliphatic carbocycles. The molecule has 6 heteroatoms. The summed E-state index contributed by atoms with van der Waals surface area (Å²) in [6.45, 7) is 2.32. The van der Waals surface area contributed by atoms with E-state index in [9.17, 15) is 13.6 Å². The molecule has 1 fully saturated rings. The van der Waals surface area contributed by atoms with Crippen molar-refractivity contribution in [3.05, 3.63) is 68.8 Å². The fourth-order valence-corrected chi connectivity index (χ4v) is 3.86. The molecule has 1 heterocycles. The van der Waals surface area contributed by atoms with Crippen molar-refractivity contribution in [1.82, 2.24) is 10.6 Å². The lowest BCUT2D eigenvalue weighted by atomic mass is 9.73. The second kappa shape index (κ2) is 8.43. The second-order valence-electron chi connectivity index (χ2n) is 6.77. The predicted octanol–water partition coefficient (Wildman–Crippen LogP) is 3.55. The number of carbonyl (C=O) groups excluding carboxylic acids is 1. The van der Waals surface area contributed by atoms with Crippen LogP contribution in [0.5, 0.6) is 0 Å². The van der Waals surface area contributed by atoms with Crippen LogP contribution in [0.25, 0.3) is 0 Å². The van der Waals surface area contributed by atoms with Gasteiger partial charge in [-0.15, -0.1) is 0 Å². The van der Waals surface area contributed by atoms with E-state index in [-0.39, 0.29) is 17.7 Å². The van der Waals surface area contributed by atoms with Gasteiger partial charge in [0.2, 0.25) is 5.91 Å². The third-order valence-electron chi connectivity index (χ3n) is 4.93. The number of carbonyl (C=O) groups is 1. The molecule has 1 saturated heterocycles. The summed E-state index contributed by atoms with van der Waals surface area (Å²) in [4.78, 5) is 12.3. The Morgan fingerprint density at radius 1 is 1.08 bits per heavy atom. The zero-order valence-electron chi connectivity index (χ0n) is 14.3. The Morgan fingerprint density at radius 3 is 2.31 bits per heavy atom. The van der Waals surface area contributed by atoms with Crippen LogP contribution in [0.1, 0.15) is 24.0 Å². The quantitative estimate of drug-likeness (QED) is 0.657. The zero-order chi connectivity index (χ0) is 18.6. The lowest BCUT2D eigenvalue weighted by Crippen LogP contribution is -2.47. The number of amides is 1. The Labute approximate surface area is 165 Å². The van der Waals surface area contributed by atoms with Crippen molar-refractivity contribution in [3.63, 3.8) is 0 Å². The molecule has 3 rings (SSSR count). The molecule has 0 radical (unpaired) electrons. The van der Waals surface area contributed by atoms with Crippen LogP contribution in [0.15, 0.2) is 42.5 Å². The molecular formula is C20H21F2IN2O. The highest BCUT2D eigenvalue weighted by atomic mass is 127. The molecule has 1 amide bonds. The van der Waals surface area contributed by atoms with E-state index in [0.29, 0.717) is 12.1 Å². The molecule has 0 aromatic heterocycles. The molecule has 0 unspecified atom stereocenters. The number of hydrogen-bond acceptors (Lipinski definition) is 2. The number of hydrogen-bond donors (Lipinski definition) is 2. The monoisotopic (exact) mass is 470 g/mol. The predicted molar refractivity (Wildman–Crippen MR) is 106 cm³/mol. The Bertz CT molecular complexity index is 754. The Balaban J connectivity index is 1.69. The number of nitrogens with one attached hydrogen (secondary N) is 2. The number of benzene rings is 2. The molecule has 26 heavy (non-hydrogen) atoms. The van der Waals surface area contributed by atoms with Gasteiger partial charge >= 0.3 is 0 Å². The Hall–Kier alpha value is -1.54. The maximum absolute atomic E-state index is 13.3. The van der Waals surface area contributed by atoms with Crippen LogP contribution in [-0.2, 0) is 16.6 Å². The molecule has 0 saturated carbocycles. The first-order valence-corrected chi connectivity index (χ1v) is 9.73. The molecule has 138 valence electrons. The summed E-state index contributed by atoms with van der Waals surface area (Å²) in [6.07, 6.45) is 1.83. The van der Waals surface area contributed by atoms with Gasteiger partial charge in [-0.05, 0) is 83.9 Å². The van der Waals surface area contributed by atoms with Crippen LogP contribution in [0, 0.1) is 15.2 Å². The highest BCUT2D eigenvalue weighted by Crippen LogP contribution is 2.33. The van der Waals surface area contributed by atoms with Crippen LogP contribution in [0.4, 0.5) is 8.78 Å². The fraction of sp³-hybridized carbons (Fsp3) is 0.350. The molecule has 1 aliphatic rings. The Kier molecular flexibility index (Phi) is 6.24. The lowest BCUT2D eigenvalue weighted by Gasteiger charge is -2.38. The highest BCUT2D eigenvalue weighted by molar-refractivity contribution is 14.1. The van der Waals surface area contributed by atoms with Gasteiger partial charge in [0.25, 0.3) is 0 Å². The van der Waals surface area contributed by atoms with Crippen molar-refractivity contribution >= 4 is 28.5 Å². The van der Waals surface area contributed by atoms with Crippen LogP contribution in [0.2, 0.25) is 0 Å². The molecular weight excluding hydrogens is 449 g/mol. The topological polar surface area (TPSA) is 41.1 Å². The molecule has 1 aliphatic heterocycles. The molecule has 0 spiro atoms. The third kappa shape index (κ3) is 4.79. The Morgan fingerprint density at radius 2 is 1.69 bits per heavy atom. The maximum atomic E-state index is 13.3. The summed E-state index contributed by atoms with van der Waals surface area (Å²) in [5, 5.41) is 6.34. The normalized spacial score (nSPS) is 16.3. The van der Waals surface area contributed by atoms with Gasteiger partial charge in [0, 0.05) is 21.6 Å². The van der Waals surface area contributed by atoms with E-state index in [0.717, 1.165) is 32.0 Å². The number of halogens is 3. The van der Waals surface area contributed by atoms with Gasteiger partial charge in [-0.1, -0.05) is 12.1 Å². The van der Waals surface area contributed by atoms with Crippen LogP contribution >= 0.6 is 22.6 Å². The van der Waals surface area contributed by atoms with Crippen LogP contribution < -0.4 is 10.6 Å². The lowest BCUT2D eigenvalue weighted by molar-refractivity contribution is -0.120. The minimum Gasteiger partial charge on any atom is -0.355 e. The van der Waals surface area contributed by atoms with Gasteiger partial charge < -0.3 is 10.6 Å². The second-order valence-corrected chi connectivity index (χ2v) is 8.01. The first-order chi connectivity index (χ1) is 12.5. The molecule has 0 bridgehead atoms. The van der Waals surface area contributed by atoms with E-state index >= 15 is 0 Å². The molecule has 2 N–H and O–H groups in total. The van der Waals surface area contributed by atoms with Crippen LogP contribution in [-0.4, -0.2) is 25.5 Å². The first-order valence-electron chi connectivity index (χ1n) is 8.65. The van der Waals surface area contributed by atoms with Crippen molar-refractivity contribution < 1.29 is 13.6 Å². The minimum absolute atomic E-state index is 0.0320. The average Bonchev–Trinajstić information content (AvgIpc) is 2.60. The smallest absolute Gasteiger partial charge is 0.224 e. The van der Waals surface area contributed by atoms with Gasteiger partial charge in [0.1, 0.15) is 11.6 Å². The summed E-state index contributed by atoms with van der Waals surface area (Å²) in [5.41, 5.74) is 1.45. The maximum Gasteiger partial charge on any atom is 0.224 e. The van der Waals surface area contributed by atoms with E-state index in [1.165, 1.54) is 21.3 Å². The van der Waals surface area contributed by atoms with E-state index in [1.807, 2.05) is 0 Å². The van der Waals surface area contributed by atoms with Gasteiger partial charge in [-0.25, -0.2) is 8.78 Å². The van der Waals surface area contributed by atoms with Crippen molar-refractivity contribution in [2.24, 2.45) is 0 Å². The summed E-state index contributed by atoms with van der Waals surface area (Å²) >= 11 is 2.28. The molecule has 0 atom stereocenters. The largest absolute Gasteiger partial charge is 0.355 e. The molecule has 2 aromatic rings. The minimum atomic E-state index is -0.665. The third-order valence-corrected chi connectivity index (χ3v) is 5.65. The first kappa shape index (κ1) is 19.2. The highest BCUT2D eigenvalue weighted by Gasteiger charge is 2.34. The van der Waals surface area contributed by atoms with Gasteiger partial charge in [0.05, 0.1) is 6.42 Å². The van der Waals surface area contributed by atoms with Gasteiger partial charge in [-0.2, -0.15) is 0 Å². The van der Waals surface area contributed by atoms with Crippen molar-refractivity contribution in [2.75, 3.05) is 19.6 Å². The zero-order valence-corrected chi connectivity index (χ0v) is 16.5. The number of rotatable bonds is 5. The fourth-order valence-electron chi connectivity index (χ4n) is 3.50. The van der Waals surface area contributed by atoms with E-state index in [4.69, 9.17) is 0 Å². The summed E-state index contributed by atoms with van der Waals surface area (Å²) in [7, 11) is 0. The average molecular weight is 470 g/mol. The van der Waals surface area contributed by atoms with E-state index < -0.39 is 11.6 Å². The molecule has 3 nitrogen and oxygen atoms in total. The number of piperidine rings is 1. The van der Waals surface area contributed by atoms with Crippen LogP contribution in [0.3, 0.4) is 0 Å². The summed E-state index contributed by atoms with van der Waals surface area (Å²) in [5.74, 6) is -1.55. The van der Waals surface area contributed by atoms with Gasteiger partial charge in [-0.3, -0.25) is 4.79 Å². The SMILES string of the molecule is O=C(Cc1cc(F)cc(F)c1)NCC1(c2ccc(I)cc2)CCNCC1. The van der Waals surface area contributed by atoms with Gasteiger partial charge in [0.15, 0.2) is 0 Å². The molecule has 2 aromatic carbocycles. The summed E-state index contributed by atoms with van der Waals surface area (Å²) in [6, 6.07) is 11.6. The van der Waals surface area contributed by atoms with E-state index in [2.05, 4.69) is 57.5 Å². The van der Waals surface area contributed by atoms with E-state index in [1.54, 1.807) is 0 Å². The van der Waals surface area contributed by atoms with Crippen molar-refractivity contribution in [2.45, 2.75) is 24.7 Å².